The van der Waals surface area contributed by atoms with Gasteiger partial charge in [-0.05, 0) is 37.0 Å². The fraction of sp³-hybridized carbons (Fsp3) is 0.577. The van der Waals surface area contributed by atoms with Crippen molar-refractivity contribution in [1.29, 1.82) is 0 Å². The van der Waals surface area contributed by atoms with Gasteiger partial charge in [0.2, 0.25) is 0 Å². The summed E-state index contributed by atoms with van der Waals surface area (Å²) < 4.78 is 37.5. The number of benzene rings is 1. The number of likely N-dealkylation sites (tertiary alicyclic amines) is 1. The summed E-state index contributed by atoms with van der Waals surface area (Å²) in [5, 5.41) is 5.40. The summed E-state index contributed by atoms with van der Waals surface area (Å²) in [6, 6.07) is 0.319. The summed E-state index contributed by atoms with van der Waals surface area (Å²) in [6.07, 6.45) is 6.15. The fourth-order valence-corrected chi connectivity index (χ4v) is 5.04. The number of hydrogen-bond acceptors (Lipinski definition) is 6. The quantitative estimate of drug-likeness (QED) is 0.478. The van der Waals surface area contributed by atoms with Crippen molar-refractivity contribution < 1.29 is 32.6 Å². The van der Waals surface area contributed by atoms with Gasteiger partial charge < -0.3 is 20.1 Å². The molecule has 1 heterocycles. The molecule has 0 radical (unpaired) electrons. The Balaban J connectivity index is 1.85. The molecule has 1 aliphatic carbocycles. The molecule has 2 unspecified atom stereocenters. The van der Waals surface area contributed by atoms with Gasteiger partial charge in [-0.2, -0.15) is 0 Å². The minimum absolute atomic E-state index is 0.00693. The maximum Gasteiger partial charge on any atom is 0.330 e. The van der Waals surface area contributed by atoms with Crippen LogP contribution in [0.25, 0.3) is 0 Å². The van der Waals surface area contributed by atoms with E-state index in [0.717, 1.165) is 43.5 Å². The Bertz CT molecular complexity index is 986. The summed E-state index contributed by atoms with van der Waals surface area (Å²) in [7, 11) is 2.58. The molecular weight excluding hydrogens is 486 g/mol. The van der Waals surface area contributed by atoms with Crippen molar-refractivity contribution in [1.82, 2.24) is 20.4 Å². The van der Waals surface area contributed by atoms with E-state index in [1.54, 1.807) is 0 Å². The van der Waals surface area contributed by atoms with Crippen molar-refractivity contribution in [3.8, 4) is 0 Å². The lowest BCUT2D eigenvalue weighted by molar-refractivity contribution is -0.141. The van der Waals surface area contributed by atoms with Gasteiger partial charge in [0.25, 0.3) is 0 Å². The lowest BCUT2D eigenvalue weighted by Gasteiger charge is -2.32. The first-order valence-electron chi connectivity index (χ1n) is 12.6. The Labute approximate surface area is 216 Å². The molecule has 0 spiro atoms. The fourth-order valence-electron chi connectivity index (χ4n) is 5.04. The average Bonchev–Trinajstić information content (AvgIpc) is 3.34. The molecule has 1 aliphatic heterocycles. The molecule has 1 saturated carbocycles. The van der Waals surface area contributed by atoms with Crippen LogP contribution in [0, 0.1) is 11.6 Å². The smallest absolute Gasteiger partial charge is 0.330 e. The Hall–Kier alpha value is -3.05. The van der Waals surface area contributed by atoms with Crippen molar-refractivity contribution in [2.24, 2.45) is 0 Å². The van der Waals surface area contributed by atoms with Crippen LogP contribution in [0.15, 0.2) is 30.5 Å². The van der Waals surface area contributed by atoms with Crippen molar-refractivity contribution in [3.63, 3.8) is 0 Å². The molecule has 2 N–H and O–H groups in total. The van der Waals surface area contributed by atoms with Crippen LogP contribution in [0.3, 0.4) is 0 Å². The van der Waals surface area contributed by atoms with Crippen LogP contribution in [0.4, 0.5) is 18.4 Å². The monoisotopic (exact) mass is 522 g/mol. The lowest BCUT2D eigenvalue weighted by Crippen LogP contribution is -2.53. The number of imide groups is 1. The number of hydrogen-bond donors (Lipinski definition) is 2. The maximum atomic E-state index is 14.1. The standard InChI is InChI=1S/C26H36F2N4O5/c1-17(16-36-2)29-25(34)32(23(14-24(33)37-3)18-9-10-21(27)22(28)13-18)26(35)30-19-11-12-31(15-19)20-7-5-4-6-8-20/h9-10,13,19-20,23H,1,4-8,11-12,14-16H2,2-3H3,(H,29,34)(H,30,35). The second kappa shape index (κ2) is 13.5. The van der Waals surface area contributed by atoms with Crippen molar-refractivity contribution in [2.45, 2.75) is 63.1 Å². The molecule has 1 aromatic rings. The van der Waals surface area contributed by atoms with Crippen LogP contribution in [0.2, 0.25) is 0 Å². The number of urea groups is 2. The SMILES string of the molecule is C=C(COC)NC(=O)N(C(=O)NC1CCN(C2CCCCC2)C1)C(CC(=O)OC)c1ccc(F)c(F)c1. The zero-order chi connectivity index (χ0) is 26.9. The van der Waals surface area contributed by atoms with Crippen LogP contribution in [-0.4, -0.2) is 73.8 Å². The Kier molecular flexibility index (Phi) is 10.4. The van der Waals surface area contributed by atoms with Gasteiger partial charge in [0.05, 0.1) is 26.2 Å². The predicted molar refractivity (Wildman–Crippen MR) is 133 cm³/mol. The largest absolute Gasteiger partial charge is 0.469 e. The Morgan fingerprint density at radius 2 is 1.84 bits per heavy atom. The highest BCUT2D eigenvalue weighted by atomic mass is 19.2. The number of nitrogens with zero attached hydrogens (tertiary/aromatic N) is 2. The summed E-state index contributed by atoms with van der Waals surface area (Å²) in [4.78, 5) is 42.3. The first-order valence-corrected chi connectivity index (χ1v) is 12.6. The van der Waals surface area contributed by atoms with Gasteiger partial charge in [0.1, 0.15) is 0 Å². The third kappa shape index (κ3) is 7.72. The van der Waals surface area contributed by atoms with E-state index in [1.165, 1.54) is 32.4 Å². The topological polar surface area (TPSA) is 100 Å². The van der Waals surface area contributed by atoms with Gasteiger partial charge in [-0.3, -0.25) is 9.69 Å². The number of nitrogens with one attached hydrogen (secondary N) is 2. The minimum Gasteiger partial charge on any atom is -0.469 e. The highest BCUT2D eigenvalue weighted by molar-refractivity contribution is 5.95. The van der Waals surface area contributed by atoms with E-state index in [2.05, 4.69) is 22.1 Å². The van der Waals surface area contributed by atoms with E-state index in [4.69, 9.17) is 9.47 Å². The second-order valence-corrected chi connectivity index (χ2v) is 9.53. The molecule has 3 rings (SSSR count). The number of rotatable bonds is 9. The highest BCUT2D eigenvalue weighted by Crippen LogP contribution is 2.29. The molecule has 11 heteroatoms. The Morgan fingerprint density at radius 1 is 1.11 bits per heavy atom. The minimum atomic E-state index is -1.27. The number of halogens is 2. The number of ether oxygens (including phenoxy) is 2. The number of carbonyl (C=O) groups excluding carboxylic acids is 3. The van der Waals surface area contributed by atoms with Crippen LogP contribution in [-0.2, 0) is 14.3 Å². The van der Waals surface area contributed by atoms with Crippen LogP contribution in [0.1, 0.15) is 56.6 Å². The van der Waals surface area contributed by atoms with Crippen LogP contribution in [0.5, 0.6) is 0 Å². The van der Waals surface area contributed by atoms with Crippen molar-refractivity contribution >= 4 is 18.0 Å². The molecule has 2 fully saturated rings. The van der Waals surface area contributed by atoms with E-state index in [9.17, 15) is 23.2 Å². The molecule has 1 aromatic carbocycles. The van der Waals surface area contributed by atoms with Crippen LogP contribution >= 0.6 is 0 Å². The number of esters is 1. The van der Waals surface area contributed by atoms with Gasteiger partial charge in [-0.1, -0.05) is 31.9 Å². The van der Waals surface area contributed by atoms with E-state index in [0.29, 0.717) is 19.0 Å². The third-order valence-electron chi connectivity index (χ3n) is 6.91. The molecule has 204 valence electrons. The van der Waals surface area contributed by atoms with E-state index < -0.39 is 42.1 Å². The summed E-state index contributed by atoms with van der Waals surface area (Å²) >= 11 is 0. The third-order valence-corrected chi connectivity index (χ3v) is 6.91. The summed E-state index contributed by atoms with van der Waals surface area (Å²) in [5.74, 6) is -3.00. The molecule has 4 amide bonds. The number of methoxy groups -OCH3 is 2. The van der Waals surface area contributed by atoms with Crippen molar-refractivity contribution in [3.05, 3.63) is 47.7 Å². The summed E-state index contributed by atoms with van der Waals surface area (Å²) in [6.45, 7) is 5.18. The molecule has 2 aliphatic rings. The molecule has 0 aromatic heterocycles. The van der Waals surface area contributed by atoms with Gasteiger partial charge in [-0.25, -0.2) is 23.3 Å². The molecule has 1 saturated heterocycles. The van der Waals surface area contributed by atoms with Crippen molar-refractivity contribution in [2.75, 3.05) is 33.9 Å². The van der Waals surface area contributed by atoms with Gasteiger partial charge in [0.15, 0.2) is 11.6 Å². The molecule has 37 heavy (non-hydrogen) atoms. The number of carbonyl (C=O) groups is 3. The van der Waals surface area contributed by atoms with Gasteiger partial charge >= 0.3 is 18.0 Å². The highest BCUT2D eigenvalue weighted by Gasteiger charge is 2.37. The predicted octanol–water partition coefficient (Wildman–Crippen LogP) is 3.86. The molecular formula is C26H36F2N4O5. The first-order chi connectivity index (χ1) is 17.7. The maximum absolute atomic E-state index is 14.1. The second-order valence-electron chi connectivity index (χ2n) is 9.53. The van der Waals surface area contributed by atoms with Gasteiger partial charge in [-0.15, -0.1) is 0 Å². The zero-order valence-corrected chi connectivity index (χ0v) is 21.4. The lowest BCUT2D eigenvalue weighted by atomic mass is 9.94. The molecule has 0 bridgehead atoms. The molecule has 2 atom stereocenters. The Morgan fingerprint density at radius 3 is 2.49 bits per heavy atom. The first kappa shape index (κ1) is 28.5. The number of amides is 4. The van der Waals surface area contributed by atoms with E-state index >= 15 is 0 Å². The van der Waals surface area contributed by atoms with E-state index in [1.807, 2.05) is 0 Å². The summed E-state index contributed by atoms with van der Waals surface area (Å²) in [5.41, 5.74) is 0.235. The molecule has 9 nitrogen and oxygen atoms in total. The van der Waals surface area contributed by atoms with Gasteiger partial charge in [0, 0.05) is 38.0 Å². The van der Waals surface area contributed by atoms with E-state index in [-0.39, 0.29) is 23.9 Å². The zero-order valence-electron chi connectivity index (χ0n) is 21.4. The normalized spacial score (nSPS) is 19.2. The average molecular weight is 523 g/mol. The van der Waals surface area contributed by atoms with Crippen LogP contribution < -0.4 is 10.6 Å².